The van der Waals surface area contributed by atoms with Gasteiger partial charge in [0.25, 0.3) is 5.91 Å². The van der Waals surface area contributed by atoms with Crippen molar-refractivity contribution in [2.75, 3.05) is 18.5 Å². The number of likely N-dealkylation sites (N-methyl/N-ethyl adjacent to an activating group) is 1. The van der Waals surface area contributed by atoms with Crippen molar-refractivity contribution in [3.8, 4) is 11.4 Å². The largest absolute Gasteiger partial charge is 0.357 e. The number of halogens is 1. The number of pyridine rings is 1. The third-order valence-electron chi connectivity index (χ3n) is 5.93. The molecular weight excluding hydrogens is 452 g/mol. The normalized spacial score (nSPS) is 14.3. The summed E-state index contributed by atoms with van der Waals surface area (Å²) in [5, 5.41) is 5.98. The predicted molar refractivity (Wildman–Crippen MR) is 133 cm³/mol. The molecule has 0 fully saturated rings. The van der Waals surface area contributed by atoms with Gasteiger partial charge in [-0.15, -0.1) is 0 Å². The number of imidazole rings is 1. The van der Waals surface area contributed by atoms with Crippen molar-refractivity contribution in [1.29, 1.82) is 0 Å². The van der Waals surface area contributed by atoms with E-state index in [1.54, 1.807) is 13.1 Å². The Bertz CT molecular complexity index is 1200. The van der Waals surface area contributed by atoms with E-state index < -0.39 is 11.5 Å². The van der Waals surface area contributed by atoms with Gasteiger partial charge >= 0.3 is 0 Å². The van der Waals surface area contributed by atoms with Crippen LogP contribution >= 0.6 is 11.6 Å². The molecule has 3 heterocycles. The fourth-order valence-electron chi connectivity index (χ4n) is 4.15. The van der Waals surface area contributed by atoms with E-state index in [9.17, 15) is 9.59 Å². The number of benzene rings is 1. The second-order valence-electron chi connectivity index (χ2n) is 9.38. The molecule has 0 bridgehead atoms. The van der Waals surface area contributed by atoms with Crippen LogP contribution in [0, 0.1) is 5.41 Å². The van der Waals surface area contributed by atoms with Gasteiger partial charge in [-0.2, -0.15) is 0 Å². The zero-order valence-electron chi connectivity index (χ0n) is 19.8. The van der Waals surface area contributed by atoms with Crippen LogP contribution in [0.2, 0.25) is 5.15 Å². The van der Waals surface area contributed by atoms with Crippen molar-refractivity contribution in [2.24, 2.45) is 5.41 Å². The highest BCUT2D eigenvalue weighted by Gasteiger charge is 2.35. The summed E-state index contributed by atoms with van der Waals surface area (Å²) in [4.78, 5) is 37.3. The summed E-state index contributed by atoms with van der Waals surface area (Å²) in [5.74, 6) is 0.842. The Labute approximate surface area is 204 Å². The van der Waals surface area contributed by atoms with E-state index in [1.165, 1.54) is 0 Å². The fraction of sp³-hybridized carbons (Fsp3) is 0.360. The molecule has 2 amide bonds. The minimum Gasteiger partial charge on any atom is -0.357 e. The number of aromatic nitrogens is 3. The highest BCUT2D eigenvalue weighted by Crippen LogP contribution is 2.29. The topological polar surface area (TPSA) is 92.2 Å². The van der Waals surface area contributed by atoms with Gasteiger partial charge in [0.1, 0.15) is 22.8 Å². The van der Waals surface area contributed by atoms with Crippen molar-refractivity contribution in [1.82, 2.24) is 25.2 Å². The van der Waals surface area contributed by atoms with E-state index in [0.29, 0.717) is 30.5 Å². The number of fused-ring (bicyclic) bond motifs is 1. The van der Waals surface area contributed by atoms with E-state index in [0.717, 1.165) is 22.9 Å². The molecule has 1 atom stereocenters. The van der Waals surface area contributed by atoms with Crippen LogP contribution in [0.5, 0.6) is 0 Å². The lowest BCUT2D eigenvalue weighted by molar-refractivity contribution is -0.124. The SMILES string of the molecule is CNC(=O)C(NC(=O)c1nc(-c2ccccc2)n2c1CN(c1cccc(Cl)n1)CC2)C(C)(C)C. The average molecular weight is 481 g/mol. The Morgan fingerprint density at radius 3 is 2.41 bits per heavy atom. The molecule has 0 radical (unpaired) electrons. The van der Waals surface area contributed by atoms with Gasteiger partial charge in [-0.05, 0) is 17.5 Å². The third kappa shape index (κ3) is 4.77. The van der Waals surface area contributed by atoms with Crippen LogP contribution in [0.1, 0.15) is 37.0 Å². The maximum absolute atomic E-state index is 13.5. The highest BCUT2D eigenvalue weighted by molar-refractivity contribution is 6.29. The fourth-order valence-corrected chi connectivity index (χ4v) is 4.31. The number of nitrogens with one attached hydrogen (secondary N) is 2. The Morgan fingerprint density at radius 1 is 1.03 bits per heavy atom. The van der Waals surface area contributed by atoms with Gasteiger partial charge in [-0.25, -0.2) is 9.97 Å². The first-order valence-electron chi connectivity index (χ1n) is 11.2. The Kier molecular flexibility index (Phi) is 6.61. The molecule has 2 N–H and O–H groups in total. The van der Waals surface area contributed by atoms with E-state index in [4.69, 9.17) is 16.6 Å². The average Bonchev–Trinajstić information content (AvgIpc) is 3.21. The van der Waals surface area contributed by atoms with Gasteiger partial charge in [0.2, 0.25) is 5.91 Å². The van der Waals surface area contributed by atoms with Crippen LogP contribution in [-0.2, 0) is 17.9 Å². The smallest absolute Gasteiger partial charge is 0.272 e. The molecule has 1 aromatic carbocycles. The van der Waals surface area contributed by atoms with Crippen molar-refractivity contribution in [3.05, 3.63) is 65.1 Å². The van der Waals surface area contributed by atoms with Crippen LogP contribution in [0.25, 0.3) is 11.4 Å². The molecule has 1 unspecified atom stereocenters. The summed E-state index contributed by atoms with van der Waals surface area (Å²) in [6.07, 6.45) is 0. The molecule has 2 aromatic heterocycles. The standard InChI is InChI=1S/C25H29ClN6O2/c1-25(2,3)21(24(34)27-4)30-23(33)20-17-15-31(19-12-8-11-18(26)28-19)13-14-32(17)22(29-20)16-9-6-5-7-10-16/h5-12,21H,13-15H2,1-4H3,(H,27,34)(H,30,33). The molecule has 3 aromatic rings. The lowest BCUT2D eigenvalue weighted by Crippen LogP contribution is -2.53. The lowest BCUT2D eigenvalue weighted by Gasteiger charge is -2.31. The number of hydrogen-bond acceptors (Lipinski definition) is 5. The molecule has 1 aliphatic rings. The summed E-state index contributed by atoms with van der Waals surface area (Å²) in [6, 6.07) is 14.6. The number of rotatable bonds is 5. The molecule has 0 spiro atoms. The maximum atomic E-state index is 13.5. The van der Waals surface area contributed by atoms with Crippen molar-refractivity contribution in [2.45, 2.75) is 39.9 Å². The third-order valence-corrected chi connectivity index (χ3v) is 6.14. The first kappa shape index (κ1) is 23.8. The first-order valence-corrected chi connectivity index (χ1v) is 11.6. The van der Waals surface area contributed by atoms with E-state index in [2.05, 4.69) is 25.1 Å². The van der Waals surface area contributed by atoms with E-state index in [-0.39, 0.29) is 11.8 Å². The predicted octanol–water partition coefficient (Wildman–Crippen LogP) is 3.51. The molecule has 178 valence electrons. The number of hydrogen-bond donors (Lipinski definition) is 2. The number of carbonyl (C=O) groups excluding carboxylic acids is 2. The second-order valence-corrected chi connectivity index (χ2v) is 9.76. The Hall–Kier alpha value is -3.39. The molecule has 1 aliphatic heterocycles. The number of anilines is 1. The molecule has 9 heteroatoms. The number of amides is 2. The molecule has 0 aliphatic carbocycles. The Balaban J connectivity index is 1.74. The van der Waals surface area contributed by atoms with E-state index in [1.807, 2.05) is 63.2 Å². The monoisotopic (exact) mass is 480 g/mol. The van der Waals surface area contributed by atoms with Gasteiger partial charge in [-0.3, -0.25) is 9.59 Å². The summed E-state index contributed by atoms with van der Waals surface area (Å²) < 4.78 is 2.08. The summed E-state index contributed by atoms with van der Waals surface area (Å²) in [5.41, 5.74) is 1.53. The summed E-state index contributed by atoms with van der Waals surface area (Å²) in [6.45, 7) is 7.51. The van der Waals surface area contributed by atoms with E-state index >= 15 is 0 Å². The van der Waals surface area contributed by atoms with Crippen molar-refractivity contribution >= 4 is 29.2 Å². The van der Waals surface area contributed by atoms with Crippen molar-refractivity contribution in [3.63, 3.8) is 0 Å². The van der Waals surface area contributed by atoms with Crippen LogP contribution in [0.3, 0.4) is 0 Å². The minimum absolute atomic E-state index is 0.248. The quantitative estimate of drug-likeness (QED) is 0.545. The van der Waals surface area contributed by atoms with Crippen LogP contribution in [0.4, 0.5) is 5.82 Å². The zero-order chi connectivity index (χ0) is 24.5. The van der Waals surface area contributed by atoms with Crippen molar-refractivity contribution < 1.29 is 9.59 Å². The van der Waals surface area contributed by atoms with Gasteiger partial charge in [0.05, 0.1) is 12.2 Å². The van der Waals surface area contributed by atoms with Gasteiger partial charge in [-0.1, -0.05) is 68.8 Å². The molecule has 0 saturated carbocycles. The zero-order valence-corrected chi connectivity index (χ0v) is 20.6. The van der Waals surface area contributed by atoms with Crippen LogP contribution in [0.15, 0.2) is 48.5 Å². The minimum atomic E-state index is -0.711. The summed E-state index contributed by atoms with van der Waals surface area (Å²) >= 11 is 6.12. The molecule has 34 heavy (non-hydrogen) atoms. The number of nitrogens with zero attached hydrogens (tertiary/aromatic N) is 4. The number of carbonyl (C=O) groups is 2. The molecule has 8 nitrogen and oxygen atoms in total. The maximum Gasteiger partial charge on any atom is 0.272 e. The van der Waals surface area contributed by atoms with Gasteiger partial charge in [0.15, 0.2) is 5.69 Å². The second kappa shape index (κ2) is 9.46. The first-order chi connectivity index (χ1) is 16.2. The highest BCUT2D eigenvalue weighted by atomic mass is 35.5. The van der Waals surface area contributed by atoms with Gasteiger partial charge < -0.3 is 20.1 Å². The lowest BCUT2D eigenvalue weighted by atomic mass is 9.86. The van der Waals surface area contributed by atoms with Gasteiger partial charge in [0, 0.05) is 25.7 Å². The summed E-state index contributed by atoms with van der Waals surface area (Å²) in [7, 11) is 1.56. The van der Waals surface area contributed by atoms with Crippen LogP contribution in [-0.4, -0.2) is 46.0 Å². The molecule has 0 saturated heterocycles. The van der Waals surface area contributed by atoms with Crippen LogP contribution < -0.4 is 15.5 Å². The molecular formula is C25H29ClN6O2. The Morgan fingerprint density at radius 2 is 1.76 bits per heavy atom. The molecule has 4 rings (SSSR count).